The largest absolute Gasteiger partial charge is 0.412 e. The minimum Gasteiger partial charge on any atom is -0.412 e. The van der Waals surface area contributed by atoms with Crippen LogP contribution in [-0.2, 0) is 0 Å². The molecular weight excluding hydrogens is 120 g/mol. The van der Waals surface area contributed by atoms with Crippen LogP contribution in [-0.4, -0.2) is 27.9 Å². The first-order valence-corrected chi connectivity index (χ1v) is 3.17. The molecule has 1 aliphatic rings. The molecule has 0 heterocycles. The summed E-state index contributed by atoms with van der Waals surface area (Å²) in [4.78, 5) is 0. The van der Waals surface area contributed by atoms with Gasteiger partial charge >= 0.3 is 0 Å². The number of aliphatic hydroxyl groups excluding tert-OH is 2. The molecule has 0 saturated heterocycles. The molecule has 0 aliphatic heterocycles. The van der Waals surface area contributed by atoms with Gasteiger partial charge in [0.25, 0.3) is 0 Å². The molecule has 9 heavy (non-hydrogen) atoms. The summed E-state index contributed by atoms with van der Waals surface area (Å²) in [6.07, 6.45) is 2.81. The standard InChI is InChI=1S/C6H12O2.H2O/c7-5-3-1-2-4-6(5)8;/h5-8H,1-4H2;1H2. The van der Waals surface area contributed by atoms with E-state index >= 15 is 0 Å². The second-order valence-corrected chi connectivity index (χ2v) is 2.42. The van der Waals surface area contributed by atoms with Crippen molar-refractivity contribution in [1.82, 2.24) is 0 Å². The first kappa shape index (κ1) is 8.88. The lowest BCUT2D eigenvalue weighted by Crippen LogP contribution is -2.28. The molecule has 0 bridgehead atoms. The molecule has 3 nitrogen and oxygen atoms in total. The molecule has 0 aromatic carbocycles. The Morgan fingerprint density at radius 1 is 0.889 bits per heavy atom. The number of aliphatic hydroxyl groups is 2. The zero-order valence-corrected chi connectivity index (χ0v) is 5.38. The summed E-state index contributed by atoms with van der Waals surface area (Å²) in [6, 6.07) is 0. The Bertz CT molecular complexity index is 64.7. The van der Waals surface area contributed by atoms with Crippen LogP contribution in [0.1, 0.15) is 25.7 Å². The van der Waals surface area contributed by atoms with Crippen LogP contribution in [0.5, 0.6) is 0 Å². The van der Waals surface area contributed by atoms with E-state index in [1.807, 2.05) is 0 Å². The molecule has 0 aromatic rings. The smallest absolute Gasteiger partial charge is 0.0799 e. The first-order chi connectivity index (χ1) is 3.80. The Kier molecular flexibility index (Phi) is 3.77. The molecular formula is C6H14O3. The summed E-state index contributed by atoms with van der Waals surface area (Å²) < 4.78 is 0. The molecule has 0 spiro atoms. The molecule has 0 aromatic heterocycles. The van der Waals surface area contributed by atoms with Crippen molar-refractivity contribution in [3.05, 3.63) is 0 Å². The van der Waals surface area contributed by atoms with Gasteiger partial charge in [-0.1, -0.05) is 12.8 Å². The topological polar surface area (TPSA) is 72.0 Å². The van der Waals surface area contributed by atoms with Gasteiger partial charge in [-0.3, -0.25) is 0 Å². The maximum atomic E-state index is 8.93. The summed E-state index contributed by atoms with van der Waals surface area (Å²) in [5, 5.41) is 17.9. The maximum absolute atomic E-state index is 8.93. The van der Waals surface area contributed by atoms with Crippen LogP contribution in [0.2, 0.25) is 0 Å². The molecule has 0 radical (unpaired) electrons. The fraction of sp³-hybridized carbons (Fsp3) is 1.00. The summed E-state index contributed by atoms with van der Waals surface area (Å²) in [7, 11) is 0. The highest BCUT2D eigenvalue weighted by Gasteiger charge is 2.19. The molecule has 4 N–H and O–H groups in total. The van der Waals surface area contributed by atoms with Gasteiger partial charge < -0.3 is 15.7 Å². The van der Waals surface area contributed by atoms with E-state index in [4.69, 9.17) is 10.2 Å². The molecule has 0 amide bonds. The molecule has 1 saturated carbocycles. The van der Waals surface area contributed by atoms with Crippen LogP contribution in [0.4, 0.5) is 0 Å². The lowest BCUT2D eigenvalue weighted by molar-refractivity contribution is -0.00865. The van der Waals surface area contributed by atoms with Crippen molar-refractivity contribution in [1.29, 1.82) is 0 Å². The van der Waals surface area contributed by atoms with Gasteiger partial charge in [-0.2, -0.15) is 0 Å². The molecule has 56 valence electrons. The van der Waals surface area contributed by atoms with Gasteiger partial charge in [-0.05, 0) is 12.8 Å². The molecule has 3 heteroatoms. The average molecular weight is 134 g/mol. The highest BCUT2D eigenvalue weighted by Crippen LogP contribution is 2.17. The molecule has 1 fully saturated rings. The van der Waals surface area contributed by atoms with E-state index in [2.05, 4.69) is 0 Å². The van der Waals surface area contributed by atoms with Crippen LogP contribution in [0.3, 0.4) is 0 Å². The third-order valence-corrected chi connectivity index (χ3v) is 1.69. The second-order valence-electron chi connectivity index (χ2n) is 2.42. The predicted molar refractivity (Wildman–Crippen MR) is 34.1 cm³/mol. The first-order valence-electron chi connectivity index (χ1n) is 3.17. The van der Waals surface area contributed by atoms with Crippen LogP contribution in [0.15, 0.2) is 0 Å². The summed E-state index contributed by atoms with van der Waals surface area (Å²) in [6.45, 7) is 0. The molecule has 1 rings (SSSR count). The molecule has 2 unspecified atom stereocenters. The normalized spacial score (nSPS) is 35.3. The minimum atomic E-state index is -0.441. The van der Waals surface area contributed by atoms with Gasteiger partial charge in [-0.25, -0.2) is 0 Å². The van der Waals surface area contributed by atoms with Gasteiger partial charge in [-0.15, -0.1) is 0 Å². The van der Waals surface area contributed by atoms with E-state index < -0.39 is 12.2 Å². The van der Waals surface area contributed by atoms with Crippen molar-refractivity contribution < 1.29 is 15.7 Å². The van der Waals surface area contributed by atoms with Crippen molar-refractivity contribution in [2.45, 2.75) is 37.9 Å². The Morgan fingerprint density at radius 3 is 1.44 bits per heavy atom. The van der Waals surface area contributed by atoms with E-state index in [0.29, 0.717) is 0 Å². The SMILES string of the molecule is O.OC1CCCCC1O. The second kappa shape index (κ2) is 3.82. The summed E-state index contributed by atoms with van der Waals surface area (Å²) >= 11 is 0. The highest BCUT2D eigenvalue weighted by molar-refractivity contribution is 4.72. The van der Waals surface area contributed by atoms with E-state index in [9.17, 15) is 0 Å². The third kappa shape index (κ3) is 2.30. The number of hydrogen-bond donors (Lipinski definition) is 2. The van der Waals surface area contributed by atoms with Crippen molar-refractivity contribution in [2.24, 2.45) is 0 Å². The Morgan fingerprint density at radius 2 is 1.22 bits per heavy atom. The lowest BCUT2D eigenvalue weighted by atomic mass is 9.95. The van der Waals surface area contributed by atoms with Crippen molar-refractivity contribution in [2.75, 3.05) is 0 Å². The maximum Gasteiger partial charge on any atom is 0.0799 e. The monoisotopic (exact) mass is 134 g/mol. The fourth-order valence-corrected chi connectivity index (χ4v) is 1.09. The highest BCUT2D eigenvalue weighted by atomic mass is 16.3. The Hall–Kier alpha value is -0.120. The minimum absolute atomic E-state index is 0. The van der Waals surface area contributed by atoms with E-state index in [0.717, 1.165) is 25.7 Å². The van der Waals surface area contributed by atoms with Crippen LogP contribution in [0.25, 0.3) is 0 Å². The van der Waals surface area contributed by atoms with Crippen LogP contribution in [0, 0.1) is 0 Å². The summed E-state index contributed by atoms with van der Waals surface area (Å²) in [5.74, 6) is 0. The fourth-order valence-electron chi connectivity index (χ4n) is 1.09. The molecule has 1 aliphatic carbocycles. The van der Waals surface area contributed by atoms with Gasteiger partial charge in [0.1, 0.15) is 0 Å². The van der Waals surface area contributed by atoms with Gasteiger partial charge in [0, 0.05) is 0 Å². The number of rotatable bonds is 0. The molecule has 2 atom stereocenters. The summed E-state index contributed by atoms with van der Waals surface area (Å²) in [5.41, 5.74) is 0. The van der Waals surface area contributed by atoms with Gasteiger partial charge in [0.2, 0.25) is 0 Å². The Balaban J connectivity index is 0.000000640. The van der Waals surface area contributed by atoms with Crippen LogP contribution >= 0.6 is 0 Å². The van der Waals surface area contributed by atoms with E-state index in [1.165, 1.54) is 0 Å². The predicted octanol–water partition coefficient (Wildman–Crippen LogP) is -0.543. The van der Waals surface area contributed by atoms with Crippen LogP contribution < -0.4 is 0 Å². The zero-order valence-electron chi connectivity index (χ0n) is 5.38. The lowest BCUT2D eigenvalue weighted by Gasteiger charge is -2.22. The van der Waals surface area contributed by atoms with Gasteiger partial charge in [0.15, 0.2) is 0 Å². The quantitative estimate of drug-likeness (QED) is 0.467. The van der Waals surface area contributed by atoms with Gasteiger partial charge in [0.05, 0.1) is 12.2 Å². The zero-order chi connectivity index (χ0) is 5.98. The average Bonchev–Trinajstić information content (AvgIpc) is 1.77. The van der Waals surface area contributed by atoms with E-state index in [1.54, 1.807) is 0 Å². The van der Waals surface area contributed by atoms with Crippen molar-refractivity contribution >= 4 is 0 Å². The Labute approximate surface area is 54.6 Å². The van der Waals surface area contributed by atoms with E-state index in [-0.39, 0.29) is 5.48 Å². The number of hydrogen-bond acceptors (Lipinski definition) is 2. The van der Waals surface area contributed by atoms with Crippen molar-refractivity contribution in [3.8, 4) is 0 Å². The van der Waals surface area contributed by atoms with Crippen molar-refractivity contribution in [3.63, 3.8) is 0 Å². The third-order valence-electron chi connectivity index (χ3n) is 1.69.